The van der Waals surface area contributed by atoms with Gasteiger partial charge in [-0.2, -0.15) is 0 Å². The van der Waals surface area contributed by atoms with Crippen molar-refractivity contribution >= 4 is 11.9 Å². The molecule has 1 fully saturated rings. The third-order valence-electron chi connectivity index (χ3n) is 4.30. The smallest absolute Gasteiger partial charge is 0.302 e. The first-order chi connectivity index (χ1) is 11.3. The number of carbonyl (C=O) groups is 2. The Morgan fingerprint density at radius 2 is 1.75 bits per heavy atom. The highest BCUT2D eigenvalue weighted by molar-refractivity contribution is 5.66. The molecule has 0 saturated heterocycles. The lowest BCUT2D eigenvalue weighted by Gasteiger charge is -2.27. The topological polar surface area (TPSA) is 52.6 Å². The van der Waals surface area contributed by atoms with Gasteiger partial charge in [0.25, 0.3) is 0 Å². The zero-order valence-electron chi connectivity index (χ0n) is 15.0. The van der Waals surface area contributed by atoms with Crippen molar-refractivity contribution in [1.82, 2.24) is 0 Å². The lowest BCUT2D eigenvalue weighted by Crippen LogP contribution is -2.31. The van der Waals surface area contributed by atoms with Gasteiger partial charge in [0, 0.05) is 25.2 Å². The predicted octanol–water partition coefficient (Wildman–Crippen LogP) is 4.14. The Kier molecular flexibility index (Phi) is 7.69. The second-order valence-corrected chi connectivity index (χ2v) is 6.44. The minimum absolute atomic E-state index is 0.231. The molecule has 0 aliphatic heterocycles. The summed E-state index contributed by atoms with van der Waals surface area (Å²) in [5.41, 5.74) is 2.09. The summed E-state index contributed by atoms with van der Waals surface area (Å²) in [5.74, 6) is -0.416. The minimum Gasteiger partial charge on any atom is -0.465 e. The molecule has 0 bridgehead atoms. The number of allylic oxidation sites excluding steroid dienone is 6. The average molecular weight is 332 g/mol. The molecule has 0 aromatic rings. The zero-order valence-corrected chi connectivity index (χ0v) is 15.0. The predicted molar refractivity (Wildman–Crippen MR) is 95.3 cm³/mol. The normalized spacial score (nSPS) is 21.4. The first-order valence-electron chi connectivity index (χ1n) is 8.19. The van der Waals surface area contributed by atoms with Gasteiger partial charge in [-0.25, -0.2) is 0 Å². The molecule has 1 rings (SSSR count). The maximum Gasteiger partial charge on any atom is 0.302 e. The molecule has 0 heterocycles. The van der Waals surface area contributed by atoms with Gasteiger partial charge in [-0.1, -0.05) is 42.0 Å². The third-order valence-corrected chi connectivity index (χ3v) is 4.30. The summed E-state index contributed by atoms with van der Waals surface area (Å²) in [5, 5.41) is 0. The zero-order chi connectivity index (χ0) is 18.2. The fourth-order valence-electron chi connectivity index (χ4n) is 3.17. The van der Waals surface area contributed by atoms with Crippen LogP contribution in [-0.4, -0.2) is 25.2 Å². The summed E-state index contributed by atoms with van der Waals surface area (Å²) in [6.07, 6.45) is 10.1. The SMILES string of the molecule is C=C/C=C(\C)C1CC(COC(C)=O)(COC(C)=O)C/C1=C/CC=C. The van der Waals surface area contributed by atoms with Gasteiger partial charge in [-0.15, -0.1) is 6.58 Å². The Morgan fingerprint density at radius 3 is 2.21 bits per heavy atom. The van der Waals surface area contributed by atoms with E-state index in [-0.39, 0.29) is 36.5 Å². The molecule has 0 aromatic carbocycles. The summed E-state index contributed by atoms with van der Waals surface area (Å²) in [7, 11) is 0. The Balaban J connectivity index is 3.11. The van der Waals surface area contributed by atoms with Crippen molar-refractivity contribution in [2.75, 3.05) is 13.2 Å². The molecule has 0 amide bonds. The molecule has 1 aliphatic rings. The van der Waals surface area contributed by atoms with Crippen LogP contribution >= 0.6 is 0 Å². The van der Waals surface area contributed by atoms with Crippen molar-refractivity contribution < 1.29 is 19.1 Å². The van der Waals surface area contributed by atoms with Gasteiger partial charge in [0.05, 0.1) is 0 Å². The number of ether oxygens (including phenoxy) is 2. The Hall–Kier alpha value is -2.10. The maximum absolute atomic E-state index is 11.3. The monoisotopic (exact) mass is 332 g/mol. The van der Waals surface area contributed by atoms with Crippen LogP contribution in [0.2, 0.25) is 0 Å². The van der Waals surface area contributed by atoms with Crippen molar-refractivity contribution in [2.24, 2.45) is 11.3 Å². The van der Waals surface area contributed by atoms with Crippen molar-refractivity contribution in [3.05, 3.63) is 48.6 Å². The molecule has 4 nitrogen and oxygen atoms in total. The fraction of sp³-hybridized carbons (Fsp3) is 0.500. The second-order valence-electron chi connectivity index (χ2n) is 6.44. The standard InChI is InChI=1S/C20H28O4/c1-6-8-10-18-11-20(13-23-16(4)21,14-24-17(5)22)12-19(18)15(3)9-7-2/h6-7,9-10,19H,1-2,8,11-14H2,3-5H3/b15-9+,18-10-. The van der Waals surface area contributed by atoms with E-state index in [4.69, 9.17) is 9.47 Å². The van der Waals surface area contributed by atoms with Crippen LogP contribution < -0.4 is 0 Å². The molecule has 1 saturated carbocycles. The van der Waals surface area contributed by atoms with Gasteiger partial charge in [0.15, 0.2) is 0 Å². The van der Waals surface area contributed by atoms with Gasteiger partial charge in [0.2, 0.25) is 0 Å². The molecule has 0 radical (unpaired) electrons. The van der Waals surface area contributed by atoms with Crippen molar-refractivity contribution in [3.63, 3.8) is 0 Å². The number of rotatable bonds is 8. The van der Waals surface area contributed by atoms with E-state index in [2.05, 4.69) is 26.2 Å². The highest BCUT2D eigenvalue weighted by Crippen LogP contribution is 2.49. The number of esters is 2. The van der Waals surface area contributed by atoms with Crippen molar-refractivity contribution in [1.29, 1.82) is 0 Å². The molecule has 0 N–H and O–H groups in total. The molecule has 24 heavy (non-hydrogen) atoms. The van der Waals surface area contributed by atoms with Crippen LogP contribution in [0, 0.1) is 11.3 Å². The number of carbonyl (C=O) groups excluding carboxylic acids is 2. The van der Waals surface area contributed by atoms with Gasteiger partial charge in [-0.3, -0.25) is 9.59 Å². The van der Waals surface area contributed by atoms with Crippen LogP contribution in [0.15, 0.2) is 48.6 Å². The van der Waals surface area contributed by atoms with Gasteiger partial charge >= 0.3 is 11.9 Å². The van der Waals surface area contributed by atoms with E-state index in [0.717, 1.165) is 19.3 Å². The Bertz CT molecular complexity index is 536. The van der Waals surface area contributed by atoms with Crippen LogP contribution in [0.3, 0.4) is 0 Å². The largest absolute Gasteiger partial charge is 0.465 e. The highest BCUT2D eigenvalue weighted by Gasteiger charge is 2.44. The third kappa shape index (κ3) is 5.84. The lowest BCUT2D eigenvalue weighted by atomic mass is 9.85. The fourth-order valence-corrected chi connectivity index (χ4v) is 3.17. The van der Waals surface area contributed by atoms with E-state index in [1.54, 1.807) is 6.08 Å². The summed E-state index contributed by atoms with van der Waals surface area (Å²) in [4.78, 5) is 22.5. The first-order valence-corrected chi connectivity index (χ1v) is 8.19. The van der Waals surface area contributed by atoms with E-state index in [9.17, 15) is 9.59 Å². The molecule has 1 aliphatic carbocycles. The van der Waals surface area contributed by atoms with Crippen molar-refractivity contribution in [2.45, 2.75) is 40.0 Å². The van der Waals surface area contributed by atoms with Gasteiger partial charge in [0.1, 0.15) is 13.2 Å². The van der Waals surface area contributed by atoms with E-state index in [0.29, 0.717) is 0 Å². The first kappa shape index (κ1) is 19.9. The van der Waals surface area contributed by atoms with Crippen LogP contribution in [0.4, 0.5) is 0 Å². The summed E-state index contributed by atoms with van der Waals surface area (Å²) >= 11 is 0. The molecule has 1 atom stereocenters. The van der Waals surface area contributed by atoms with E-state index < -0.39 is 0 Å². The summed E-state index contributed by atoms with van der Waals surface area (Å²) in [6, 6.07) is 0. The highest BCUT2D eigenvalue weighted by atomic mass is 16.5. The summed E-state index contributed by atoms with van der Waals surface area (Å²) < 4.78 is 10.6. The molecule has 0 spiro atoms. The van der Waals surface area contributed by atoms with Crippen LogP contribution in [0.25, 0.3) is 0 Å². The molecular formula is C20H28O4. The maximum atomic E-state index is 11.3. The molecule has 0 aromatic heterocycles. The Labute approximate surface area is 144 Å². The van der Waals surface area contributed by atoms with E-state index in [1.165, 1.54) is 25.0 Å². The molecule has 1 unspecified atom stereocenters. The lowest BCUT2D eigenvalue weighted by molar-refractivity contribution is -0.151. The van der Waals surface area contributed by atoms with E-state index in [1.807, 2.05) is 12.2 Å². The van der Waals surface area contributed by atoms with Crippen LogP contribution in [0.1, 0.15) is 40.0 Å². The van der Waals surface area contributed by atoms with Gasteiger partial charge < -0.3 is 9.47 Å². The quantitative estimate of drug-likeness (QED) is 0.381. The molecule has 132 valence electrons. The van der Waals surface area contributed by atoms with Gasteiger partial charge in [-0.05, 0) is 26.2 Å². The minimum atomic E-state index is -0.384. The molecular weight excluding hydrogens is 304 g/mol. The van der Waals surface area contributed by atoms with E-state index >= 15 is 0 Å². The van der Waals surface area contributed by atoms with Crippen LogP contribution in [0.5, 0.6) is 0 Å². The van der Waals surface area contributed by atoms with Crippen LogP contribution in [-0.2, 0) is 19.1 Å². The van der Waals surface area contributed by atoms with Crippen molar-refractivity contribution in [3.8, 4) is 0 Å². The number of hydrogen-bond donors (Lipinski definition) is 0. The number of hydrogen-bond acceptors (Lipinski definition) is 4. The summed E-state index contributed by atoms with van der Waals surface area (Å²) in [6.45, 7) is 12.9. The molecule has 4 heteroatoms. The average Bonchev–Trinajstić information content (AvgIpc) is 2.89. The second kappa shape index (κ2) is 9.26. The Morgan fingerprint density at radius 1 is 1.17 bits per heavy atom.